The Morgan fingerprint density at radius 1 is 1.18 bits per heavy atom. The SMILES string of the molecule is C[C@@H]1C[C@H](n2c(Nc3ccc(OC(F)(F)F)cc3)nc3cc(C(=O)N(C)[C@@H](C)C(=O)O)ccc32)CC(C)(C)C1. The number of halogens is 3. The molecule has 1 saturated carbocycles. The summed E-state index contributed by atoms with van der Waals surface area (Å²) in [6.07, 6.45) is -1.87. The summed E-state index contributed by atoms with van der Waals surface area (Å²) >= 11 is 0. The van der Waals surface area contributed by atoms with Crippen LogP contribution in [0.25, 0.3) is 11.0 Å². The number of nitrogens with one attached hydrogen (secondary N) is 1. The van der Waals surface area contributed by atoms with E-state index >= 15 is 0 Å². The smallest absolute Gasteiger partial charge is 0.480 e. The van der Waals surface area contributed by atoms with Gasteiger partial charge < -0.3 is 24.6 Å². The standard InChI is InChI=1S/C28H33F3N4O4/c1-16-12-20(15-27(3,4)14-16)35-23-11-6-18(24(36)34(5)17(2)25(37)38)13-22(23)33-26(35)32-19-7-9-21(10-8-19)39-28(29,30)31/h6-11,13,16-17,20H,12,14-15H2,1-5H3,(H,32,33)(H,37,38)/t16-,17+,20+/m1/s1. The van der Waals surface area contributed by atoms with Crippen LogP contribution in [0, 0.1) is 11.3 Å². The minimum absolute atomic E-state index is 0.0956. The van der Waals surface area contributed by atoms with Crippen molar-refractivity contribution in [2.45, 2.75) is 65.4 Å². The first kappa shape index (κ1) is 28.3. The number of amides is 1. The van der Waals surface area contributed by atoms with Crippen LogP contribution >= 0.6 is 0 Å². The zero-order chi connectivity index (χ0) is 28.7. The molecule has 0 aliphatic heterocycles. The highest BCUT2D eigenvalue weighted by molar-refractivity contribution is 5.99. The number of fused-ring (bicyclic) bond motifs is 1. The van der Waals surface area contributed by atoms with Crippen molar-refractivity contribution in [1.82, 2.24) is 14.5 Å². The molecule has 0 bridgehead atoms. The van der Waals surface area contributed by atoms with E-state index in [0.29, 0.717) is 28.6 Å². The van der Waals surface area contributed by atoms with E-state index in [2.05, 4.69) is 35.4 Å². The lowest BCUT2D eigenvalue weighted by atomic mass is 9.70. The van der Waals surface area contributed by atoms with Crippen molar-refractivity contribution in [2.75, 3.05) is 12.4 Å². The molecule has 3 aromatic rings. The molecule has 2 N–H and O–H groups in total. The van der Waals surface area contributed by atoms with Gasteiger partial charge in [0.25, 0.3) is 5.91 Å². The van der Waals surface area contributed by atoms with Gasteiger partial charge in [0.15, 0.2) is 0 Å². The number of benzene rings is 2. The van der Waals surface area contributed by atoms with Gasteiger partial charge in [-0.1, -0.05) is 20.8 Å². The van der Waals surface area contributed by atoms with Gasteiger partial charge in [0.2, 0.25) is 5.95 Å². The fourth-order valence-corrected chi connectivity index (χ4v) is 5.60. The molecule has 1 heterocycles. The molecule has 39 heavy (non-hydrogen) atoms. The summed E-state index contributed by atoms with van der Waals surface area (Å²) in [5.74, 6) is -0.907. The van der Waals surface area contributed by atoms with E-state index in [1.54, 1.807) is 12.1 Å². The van der Waals surface area contributed by atoms with Gasteiger partial charge in [0, 0.05) is 24.3 Å². The second kappa shape index (κ2) is 10.4. The van der Waals surface area contributed by atoms with Crippen molar-refractivity contribution in [3.05, 3.63) is 48.0 Å². The van der Waals surface area contributed by atoms with Crippen LogP contribution < -0.4 is 10.1 Å². The third-order valence-electron chi connectivity index (χ3n) is 7.27. The number of aromatic nitrogens is 2. The van der Waals surface area contributed by atoms with Crippen LogP contribution in [0.1, 0.15) is 63.4 Å². The number of anilines is 2. The van der Waals surface area contributed by atoms with Crippen molar-refractivity contribution in [3.8, 4) is 5.75 Å². The lowest BCUT2D eigenvalue weighted by molar-refractivity contribution is -0.274. The molecule has 210 valence electrons. The van der Waals surface area contributed by atoms with E-state index in [9.17, 15) is 27.9 Å². The number of hydrogen-bond acceptors (Lipinski definition) is 5. The molecule has 1 fully saturated rings. The van der Waals surface area contributed by atoms with Crippen molar-refractivity contribution < 1.29 is 32.6 Å². The zero-order valence-corrected chi connectivity index (χ0v) is 22.5. The molecule has 1 aliphatic carbocycles. The minimum Gasteiger partial charge on any atom is -0.480 e. The highest BCUT2D eigenvalue weighted by Gasteiger charge is 2.35. The van der Waals surface area contributed by atoms with Gasteiger partial charge in [-0.25, -0.2) is 9.78 Å². The van der Waals surface area contributed by atoms with E-state index in [1.165, 1.54) is 38.2 Å². The Kier molecular flexibility index (Phi) is 7.55. The van der Waals surface area contributed by atoms with Crippen molar-refractivity contribution in [2.24, 2.45) is 11.3 Å². The molecule has 0 unspecified atom stereocenters. The number of likely N-dealkylation sites (N-methyl/N-ethyl adjacent to an activating group) is 1. The van der Waals surface area contributed by atoms with Gasteiger partial charge >= 0.3 is 12.3 Å². The highest BCUT2D eigenvalue weighted by atomic mass is 19.4. The maximum absolute atomic E-state index is 13.0. The third-order valence-corrected chi connectivity index (χ3v) is 7.27. The van der Waals surface area contributed by atoms with Crippen LogP contribution in [0.15, 0.2) is 42.5 Å². The van der Waals surface area contributed by atoms with Gasteiger partial charge in [0.05, 0.1) is 11.0 Å². The van der Waals surface area contributed by atoms with Crippen LogP contribution in [0.3, 0.4) is 0 Å². The summed E-state index contributed by atoms with van der Waals surface area (Å²) in [5, 5.41) is 12.5. The lowest BCUT2D eigenvalue weighted by Gasteiger charge is -2.40. The normalized spacial score (nSPS) is 19.9. The number of aliphatic carboxylic acids is 1. The molecule has 0 radical (unpaired) electrons. The van der Waals surface area contributed by atoms with E-state index in [4.69, 9.17) is 4.98 Å². The highest BCUT2D eigenvalue weighted by Crippen LogP contribution is 2.46. The van der Waals surface area contributed by atoms with E-state index in [-0.39, 0.29) is 17.2 Å². The lowest BCUT2D eigenvalue weighted by Crippen LogP contribution is -2.40. The molecule has 1 aromatic heterocycles. The number of carboxylic acid groups (broad SMARTS) is 1. The van der Waals surface area contributed by atoms with E-state index in [1.807, 2.05) is 6.07 Å². The Morgan fingerprint density at radius 2 is 1.85 bits per heavy atom. The Bertz CT molecular complexity index is 1370. The maximum Gasteiger partial charge on any atom is 0.573 e. The van der Waals surface area contributed by atoms with Gasteiger partial charge in [-0.2, -0.15) is 0 Å². The topological polar surface area (TPSA) is 96.7 Å². The summed E-state index contributed by atoms with van der Waals surface area (Å²) in [4.78, 5) is 30.3. The molecule has 11 heteroatoms. The van der Waals surface area contributed by atoms with Crippen LogP contribution in [0.4, 0.5) is 24.8 Å². The summed E-state index contributed by atoms with van der Waals surface area (Å²) in [7, 11) is 1.44. The minimum atomic E-state index is -4.78. The van der Waals surface area contributed by atoms with Crippen LogP contribution in [0.5, 0.6) is 5.75 Å². The van der Waals surface area contributed by atoms with Gasteiger partial charge in [-0.15, -0.1) is 13.2 Å². The first-order chi connectivity index (χ1) is 18.1. The summed E-state index contributed by atoms with van der Waals surface area (Å²) < 4.78 is 43.8. The molecule has 4 rings (SSSR count). The Balaban J connectivity index is 1.73. The number of nitrogens with zero attached hydrogens (tertiary/aromatic N) is 3. The Labute approximate surface area is 224 Å². The second-order valence-corrected chi connectivity index (χ2v) is 11.2. The number of carbonyl (C=O) groups excluding carboxylic acids is 1. The molecule has 0 spiro atoms. The van der Waals surface area contributed by atoms with E-state index in [0.717, 1.165) is 29.7 Å². The first-order valence-corrected chi connectivity index (χ1v) is 12.8. The number of imidazole rings is 1. The van der Waals surface area contributed by atoms with Crippen LogP contribution in [0.2, 0.25) is 0 Å². The Hall–Kier alpha value is -3.76. The fourth-order valence-electron chi connectivity index (χ4n) is 5.60. The predicted molar refractivity (Wildman–Crippen MR) is 141 cm³/mol. The average molecular weight is 547 g/mol. The number of carbonyl (C=O) groups is 2. The second-order valence-electron chi connectivity index (χ2n) is 11.2. The molecule has 3 atom stereocenters. The summed E-state index contributed by atoms with van der Waals surface area (Å²) in [6.45, 7) is 8.12. The molecule has 8 nitrogen and oxygen atoms in total. The molecular weight excluding hydrogens is 513 g/mol. The van der Waals surface area contributed by atoms with Gasteiger partial charge in [-0.05, 0) is 80.0 Å². The summed E-state index contributed by atoms with van der Waals surface area (Å²) in [6, 6.07) is 9.63. The fraction of sp³-hybridized carbons (Fsp3) is 0.464. The third kappa shape index (κ3) is 6.46. The zero-order valence-electron chi connectivity index (χ0n) is 22.5. The number of hydrogen-bond donors (Lipinski definition) is 2. The monoisotopic (exact) mass is 546 g/mol. The number of rotatable bonds is 7. The number of carboxylic acids is 1. The number of alkyl halides is 3. The molecule has 1 amide bonds. The quantitative estimate of drug-likeness (QED) is 0.346. The van der Waals surface area contributed by atoms with Crippen LogP contribution in [-0.4, -0.2) is 50.9 Å². The predicted octanol–water partition coefficient (Wildman–Crippen LogP) is 6.61. The van der Waals surface area contributed by atoms with Crippen LogP contribution in [-0.2, 0) is 4.79 Å². The van der Waals surface area contributed by atoms with Gasteiger partial charge in [0.1, 0.15) is 11.8 Å². The van der Waals surface area contributed by atoms with Crippen molar-refractivity contribution >= 4 is 34.5 Å². The molecule has 0 saturated heterocycles. The molecular formula is C28H33F3N4O4. The maximum atomic E-state index is 13.0. The van der Waals surface area contributed by atoms with Crippen molar-refractivity contribution in [3.63, 3.8) is 0 Å². The Morgan fingerprint density at radius 3 is 2.44 bits per heavy atom. The number of ether oxygens (including phenoxy) is 1. The van der Waals surface area contributed by atoms with Crippen molar-refractivity contribution in [1.29, 1.82) is 0 Å². The molecule has 2 aromatic carbocycles. The van der Waals surface area contributed by atoms with Gasteiger partial charge in [-0.3, -0.25) is 4.79 Å². The first-order valence-electron chi connectivity index (χ1n) is 12.8. The largest absolute Gasteiger partial charge is 0.573 e. The average Bonchev–Trinajstić information content (AvgIpc) is 3.18. The summed E-state index contributed by atoms with van der Waals surface area (Å²) in [5.41, 5.74) is 2.27. The molecule has 1 aliphatic rings. The van der Waals surface area contributed by atoms with E-state index < -0.39 is 24.3 Å².